The first kappa shape index (κ1) is 13.5. The molecule has 0 aliphatic heterocycles. The molecule has 17 heavy (non-hydrogen) atoms. The van der Waals surface area contributed by atoms with Crippen LogP contribution in [-0.2, 0) is 11.0 Å². The normalized spacial score (nSPS) is 15.4. The van der Waals surface area contributed by atoms with Crippen LogP contribution >= 0.6 is 0 Å². The number of halogens is 4. The van der Waals surface area contributed by atoms with Gasteiger partial charge in [-0.3, -0.25) is 4.79 Å². The van der Waals surface area contributed by atoms with Crippen molar-refractivity contribution in [1.82, 2.24) is 0 Å². The molecule has 0 radical (unpaired) electrons. The molecule has 0 aromatic heterocycles. The third-order valence-electron chi connectivity index (χ3n) is 2.36. The number of alkyl halides is 4. The number of hydrogen-bond acceptors (Lipinski definition) is 1. The second-order valence-corrected chi connectivity index (χ2v) is 3.65. The number of rotatable bonds is 3. The van der Waals surface area contributed by atoms with Gasteiger partial charge in [0.25, 0.3) is 0 Å². The Morgan fingerprint density at radius 1 is 1.35 bits per heavy atom. The minimum atomic E-state index is -4.57. The van der Waals surface area contributed by atoms with Gasteiger partial charge < -0.3 is 5.11 Å². The molecule has 0 heterocycles. The predicted octanol–water partition coefficient (Wildman–Crippen LogP) is 3.44. The highest BCUT2D eigenvalue weighted by molar-refractivity contribution is 5.70. The van der Waals surface area contributed by atoms with Crippen molar-refractivity contribution in [2.75, 3.05) is 0 Å². The van der Waals surface area contributed by atoms with Crippen molar-refractivity contribution < 1.29 is 27.5 Å². The molecule has 0 saturated carbocycles. The molecular weight excluding hydrogens is 240 g/mol. The molecule has 0 aliphatic carbocycles. The molecular formula is C11H10F4O2. The van der Waals surface area contributed by atoms with Crippen LogP contribution in [0.2, 0.25) is 0 Å². The van der Waals surface area contributed by atoms with Gasteiger partial charge in [-0.05, 0) is 24.6 Å². The van der Waals surface area contributed by atoms with Crippen LogP contribution in [0.1, 0.15) is 24.2 Å². The largest absolute Gasteiger partial charge is 0.481 e. The van der Waals surface area contributed by atoms with E-state index in [9.17, 15) is 22.4 Å². The molecule has 2 nitrogen and oxygen atoms in total. The van der Waals surface area contributed by atoms with E-state index in [1.165, 1.54) is 0 Å². The van der Waals surface area contributed by atoms with Gasteiger partial charge in [-0.15, -0.1) is 0 Å². The Kier molecular flexibility index (Phi) is 3.75. The Hall–Kier alpha value is -1.59. The highest BCUT2D eigenvalue weighted by Gasteiger charge is 2.32. The Balaban J connectivity index is 3.04. The van der Waals surface area contributed by atoms with Gasteiger partial charge in [0, 0.05) is 0 Å². The van der Waals surface area contributed by atoms with E-state index in [1.54, 1.807) is 0 Å². The average molecular weight is 250 g/mol. The zero-order valence-electron chi connectivity index (χ0n) is 8.83. The van der Waals surface area contributed by atoms with Crippen molar-refractivity contribution >= 4 is 5.97 Å². The summed E-state index contributed by atoms with van der Waals surface area (Å²) in [6.07, 6.45) is -6.53. The number of aliphatic carboxylic acids is 1. The molecule has 0 aliphatic rings. The molecule has 94 valence electrons. The fourth-order valence-corrected chi connectivity index (χ4v) is 1.30. The van der Waals surface area contributed by atoms with Crippen LogP contribution in [0.15, 0.2) is 24.3 Å². The number of carboxylic acid groups (broad SMARTS) is 1. The molecule has 1 rings (SSSR count). The lowest BCUT2D eigenvalue weighted by molar-refractivity contribution is -0.143. The van der Waals surface area contributed by atoms with E-state index < -0.39 is 29.8 Å². The van der Waals surface area contributed by atoms with Crippen LogP contribution in [0.3, 0.4) is 0 Å². The van der Waals surface area contributed by atoms with Gasteiger partial charge in [0.15, 0.2) is 0 Å². The summed E-state index contributed by atoms with van der Waals surface area (Å²) < 4.78 is 50.7. The van der Waals surface area contributed by atoms with Crippen LogP contribution in [0.25, 0.3) is 0 Å². The number of hydrogen-bond donors (Lipinski definition) is 1. The second-order valence-electron chi connectivity index (χ2n) is 3.65. The number of carboxylic acids is 1. The number of carbonyl (C=O) groups is 1. The third kappa shape index (κ3) is 3.18. The van der Waals surface area contributed by atoms with E-state index in [1.807, 2.05) is 0 Å². The summed E-state index contributed by atoms with van der Waals surface area (Å²) >= 11 is 0. The fourth-order valence-electron chi connectivity index (χ4n) is 1.30. The van der Waals surface area contributed by atoms with Crippen molar-refractivity contribution in [2.45, 2.75) is 19.3 Å². The van der Waals surface area contributed by atoms with Crippen molar-refractivity contribution in [3.05, 3.63) is 35.4 Å². The van der Waals surface area contributed by atoms with E-state index >= 15 is 0 Å². The Labute approximate surface area is 94.9 Å². The lowest BCUT2D eigenvalue weighted by Crippen LogP contribution is -2.16. The lowest BCUT2D eigenvalue weighted by Gasteiger charge is -2.14. The van der Waals surface area contributed by atoms with Crippen LogP contribution in [0, 0.1) is 5.92 Å². The van der Waals surface area contributed by atoms with Crippen molar-refractivity contribution in [1.29, 1.82) is 0 Å². The zero-order chi connectivity index (χ0) is 13.2. The first-order valence-corrected chi connectivity index (χ1v) is 4.77. The maximum absolute atomic E-state index is 13.6. The summed E-state index contributed by atoms with van der Waals surface area (Å²) in [5, 5.41) is 8.58. The van der Waals surface area contributed by atoms with E-state index in [-0.39, 0.29) is 5.56 Å². The maximum Gasteiger partial charge on any atom is 0.416 e. The molecule has 0 bridgehead atoms. The summed E-state index contributed by atoms with van der Waals surface area (Å²) in [7, 11) is 0. The smallest absolute Gasteiger partial charge is 0.416 e. The fraction of sp³-hybridized carbons (Fsp3) is 0.364. The first-order chi connectivity index (χ1) is 7.73. The molecule has 0 spiro atoms. The second kappa shape index (κ2) is 4.73. The molecule has 1 aromatic carbocycles. The zero-order valence-corrected chi connectivity index (χ0v) is 8.83. The summed E-state index contributed by atoms with van der Waals surface area (Å²) in [5.74, 6) is -2.78. The minimum absolute atomic E-state index is 0.283. The lowest BCUT2D eigenvalue weighted by atomic mass is 9.97. The van der Waals surface area contributed by atoms with Gasteiger partial charge in [0.05, 0.1) is 11.5 Å². The minimum Gasteiger partial charge on any atom is -0.481 e. The molecule has 1 N–H and O–H groups in total. The van der Waals surface area contributed by atoms with Crippen molar-refractivity contribution in [3.63, 3.8) is 0 Å². The van der Waals surface area contributed by atoms with Crippen LogP contribution in [0.5, 0.6) is 0 Å². The standard InChI is InChI=1S/C11H10F4O2/c1-6(10(16)17)9(12)7-3-2-4-8(5-7)11(13,14)15/h2-6,9H,1H3,(H,16,17). The molecule has 6 heteroatoms. The van der Waals surface area contributed by atoms with Crippen LogP contribution < -0.4 is 0 Å². The van der Waals surface area contributed by atoms with Gasteiger partial charge in [-0.25, -0.2) is 4.39 Å². The van der Waals surface area contributed by atoms with Gasteiger partial charge in [0.1, 0.15) is 6.17 Å². The summed E-state index contributed by atoms with van der Waals surface area (Å²) in [6, 6.07) is 3.63. The van der Waals surface area contributed by atoms with Gasteiger partial charge >= 0.3 is 12.1 Å². The molecule has 0 fully saturated rings. The van der Waals surface area contributed by atoms with Gasteiger partial charge in [0.2, 0.25) is 0 Å². The quantitative estimate of drug-likeness (QED) is 0.834. The predicted molar refractivity (Wildman–Crippen MR) is 52.1 cm³/mol. The van der Waals surface area contributed by atoms with Gasteiger partial charge in [-0.1, -0.05) is 12.1 Å². The first-order valence-electron chi connectivity index (χ1n) is 4.77. The topological polar surface area (TPSA) is 37.3 Å². The van der Waals surface area contributed by atoms with Crippen molar-refractivity contribution in [2.24, 2.45) is 5.92 Å². The van der Waals surface area contributed by atoms with E-state index in [2.05, 4.69) is 0 Å². The third-order valence-corrected chi connectivity index (χ3v) is 2.36. The summed E-state index contributed by atoms with van der Waals surface area (Å²) in [4.78, 5) is 10.5. The molecule has 0 saturated heterocycles. The molecule has 2 unspecified atom stereocenters. The molecule has 1 aromatic rings. The monoisotopic (exact) mass is 250 g/mol. The van der Waals surface area contributed by atoms with E-state index in [4.69, 9.17) is 5.11 Å². The molecule has 2 atom stereocenters. The van der Waals surface area contributed by atoms with Gasteiger partial charge in [-0.2, -0.15) is 13.2 Å². The summed E-state index contributed by atoms with van der Waals surface area (Å²) in [6.45, 7) is 1.10. The van der Waals surface area contributed by atoms with Crippen LogP contribution in [-0.4, -0.2) is 11.1 Å². The highest BCUT2D eigenvalue weighted by Crippen LogP contribution is 2.33. The summed E-state index contributed by atoms with van der Waals surface area (Å²) in [5.41, 5.74) is -1.27. The maximum atomic E-state index is 13.6. The van der Waals surface area contributed by atoms with E-state index in [0.29, 0.717) is 6.07 Å². The number of benzene rings is 1. The Morgan fingerprint density at radius 2 is 1.94 bits per heavy atom. The SMILES string of the molecule is CC(C(=O)O)C(F)c1cccc(C(F)(F)F)c1. The Morgan fingerprint density at radius 3 is 2.41 bits per heavy atom. The van der Waals surface area contributed by atoms with Crippen LogP contribution in [0.4, 0.5) is 17.6 Å². The Bertz CT molecular complexity index is 414. The van der Waals surface area contributed by atoms with Crippen molar-refractivity contribution in [3.8, 4) is 0 Å². The highest BCUT2D eigenvalue weighted by atomic mass is 19.4. The van der Waals surface area contributed by atoms with E-state index in [0.717, 1.165) is 25.1 Å². The molecule has 0 amide bonds. The average Bonchev–Trinajstić information content (AvgIpc) is 2.26.